The first-order valence-electron chi connectivity index (χ1n) is 7.85. The van der Waals surface area contributed by atoms with Crippen molar-refractivity contribution in [1.82, 2.24) is 0 Å². The summed E-state index contributed by atoms with van der Waals surface area (Å²) < 4.78 is 27.1. The second kappa shape index (κ2) is 8.68. The summed E-state index contributed by atoms with van der Waals surface area (Å²) in [6.07, 6.45) is 3.07. The lowest BCUT2D eigenvalue weighted by atomic mass is 9.98. The van der Waals surface area contributed by atoms with E-state index in [2.05, 4.69) is 13.8 Å². The fourth-order valence-corrected chi connectivity index (χ4v) is 2.79. The maximum absolute atomic E-state index is 12.2. The van der Waals surface area contributed by atoms with Crippen molar-refractivity contribution in [1.29, 1.82) is 0 Å². The molecule has 6 nitrogen and oxygen atoms in total. The molecule has 0 amide bonds. The topological polar surface area (TPSA) is 63.2 Å². The smallest absolute Gasteiger partial charge is 0.309 e. The summed E-state index contributed by atoms with van der Waals surface area (Å²) in [4.78, 5) is 12.2. The lowest BCUT2D eigenvalue weighted by Crippen LogP contribution is -2.54. The molecule has 2 heterocycles. The Labute approximate surface area is 126 Å². The van der Waals surface area contributed by atoms with Gasteiger partial charge in [0.05, 0.1) is 12.5 Å². The van der Waals surface area contributed by atoms with Gasteiger partial charge in [0.15, 0.2) is 0 Å². The van der Waals surface area contributed by atoms with Gasteiger partial charge in [-0.15, -0.1) is 0 Å². The van der Waals surface area contributed by atoms with Crippen LogP contribution in [0.3, 0.4) is 0 Å². The third kappa shape index (κ3) is 4.64. The van der Waals surface area contributed by atoms with Crippen LogP contribution < -0.4 is 0 Å². The number of fused-ring (bicyclic) bond motifs is 1. The van der Waals surface area contributed by atoms with Crippen molar-refractivity contribution in [3.63, 3.8) is 0 Å². The monoisotopic (exact) mass is 302 g/mol. The van der Waals surface area contributed by atoms with E-state index in [-0.39, 0.29) is 50.4 Å². The Balaban J connectivity index is 1.81. The second-order valence-corrected chi connectivity index (χ2v) is 5.55. The summed E-state index contributed by atoms with van der Waals surface area (Å²) in [5.41, 5.74) is 0. The van der Waals surface area contributed by atoms with Gasteiger partial charge in [-0.2, -0.15) is 0 Å². The van der Waals surface area contributed by atoms with Gasteiger partial charge in [-0.1, -0.05) is 26.7 Å². The normalized spacial score (nSPS) is 29.2. The molecule has 122 valence electrons. The molecule has 3 atom stereocenters. The fraction of sp³-hybridized carbons (Fsp3) is 0.933. The van der Waals surface area contributed by atoms with E-state index in [0.29, 0.717) is 6.61 Å². The number of esters is 1. The van der Waals surface area contributed by atoms with Crippen LogP contribution in [-0.2, 0) is 28.5 Å². The molecule has 2 aliphatic heterocycles. The van der Waals surface area contributed by atoms with Gasteiger partial charge in [0, 0.05) is 0 Å². The van der Waals surface area contributed by atoms with E-state index in [1.54, 1.807) is 0 Å². The van der Waals surface area contributed by atoms with Crippen molar-refractivity contribution >= 4 is 5.97 Å². The minimum atomic E-state index is -0.277. The first-order valence-corrected chi connectivity index (χ1v) is 7.85. The van der Waals surface area contributed by atoms with Crippen LogP contribution in [0.15, 0.2) is 0 Å². The van der Waals surface area contributed by atoms with Crippen LogP contribution in [0.1, 0.15) is 39.5 Å². The maximum atomic E-state index is 12.2. The predicted molar refractivity (Wildman–Crippen MR) is 74.6 cm³/mol. The lowest BCUT2D eigenvalue weighted by molar-refractivity contribution is -0.305. The Morgan fingerprint density at radius 2 is 1.90 bits per heavy atom. The minimum Gasteiger partial charge on any atom is -0.463 e. The van der Waals surface area contributed by atoms with Gasteiger partial charge in [0.2, 0.25) is 0 Å². The average molecular weight is 302 g/mol. The molecule has 1 unspecified atom stereocenters. The molecular formula is C15H26O6. The third-order valence-corrected chi connectivity index (χ3v) is 3.92. The molecule has 0 aromatic carbocycles. The van der Waals surface area contributed by atoms with Gasteiger partial charge < -0.3 is 23.7 Å². The number of carbonyl (C=O) groups is 1. The van der Waals surface area contributed by atoms with Gasteiger partial charge in [-0.3, -0.25) is 4.79 Å². The van der Waals surface area contributed by atoms with E-state index < -0.39 is 0 Å². The lowest BCUT2D eigenvalue weighted by Gasteiger charge is -2.39. The van der Waals surface area contributed by atoms with Crippen molar-refractivity contribution in [3.8, 4) is 0 Å². The van der Waals surface area contributed by atoms with Crippen LogP contribution >= 0.6 is 0 Å². The SMILES string of the molecule is CCCC(CCC)C(=O)OC[C@@H]1OCOC2COCO[C@@H]21. The van der Waals surface area contributed by atoms with E-state index in [9.17, 15) is 4.79 Å². The van der Waals surface area contributed by atoms with Crippen LogP contribution in [0.2, 0.25) is 0 Å². The van der Waals surface area contributed by atoms with Crippen molar-refractivity contribution in [2.45, 2.75) is 57.8 Å². The standard InChI is InChI=1S/C15H26O6/c1-3-5-11(6-4-2)15(16)18-8-13-14-12(19-10-20-13)7-17-9-21-14/h11-14H,3-10H2,1-2H3/t12?,13-,14-/m0/s1. The third-order valence-electron chi connectivity index (χ3n) is 3.92. The number of carbonyl (C=O) groups excluding carboxylic acids is 1. The van der Waals surface area contributed by atoms with E-state index >= 15 is 0 Å². The van der Waals surface area contributed by atoms with Crippen molar-refractivity contribution < 1.29 is 28.5 Å². The number of rotatable bonds is 7. The van der Waals surface area contributed by atoms with Gasteiger partial charge in [-0.05, 0) is 12.8 Å². The van der Waals surface area contributed by atoms with Crippen molar-refractivity contribution in [2.24, 2.45) is 5.92 Å². The Morgan fingerprint density at radius 3 is 2.62 bits per heavy atom. The molecule has 0 bridgehead atoms. The van der Waals surface area contributed by atoms with Crippen molar-refractivity contribution in [2.75, 3.05) is 26.8 Å². The molecular weight excluding hydrogens is 276 g/mol. The highest BCUT2D eigenvalue weighted by molar-refractivity contribution is 5.72. The Kier molecular flexibility index (Phi) is 6.89. The molecule has 21 heavy (non-hydrogen) atoms. The van der Waals surface area contributed by atoms with Gasteiger partial charge in [-0.25, -0.2) is 0 Å². The summed E-state index contributed by atoms with van der Waals surface area (Å²) in [5, 5.41) is 0. The molecule has 0 aromatic heterocycles. The van der Waals surface area contributed by atoms with E-state index in [1.807, 2.05) is 0 Å². The average Bonchev–Trinajstić information content (AvgIpc) is 2.52. The maximum Gasteiger partial charge on any atom is 0.309 e. The van der Waals surface area contributed by atoms with E-state index in [0.717, 1.165) is 25.7 Å². The predicted octanol–water partition coefficient (Wildman–Crippen LogP) is 1.86. The zero-order valence-corrected chi connectivity index (χ0v) is 12.9. The Morgan fingerprint density at radius 1 is 1.14 bits per heavy atom. The molecule has 0 aromatic rings. The molecule has 2 aliphatic rings. The van der Waals surface area contributed by atoms with E-state index in [1.165, 1.54) is 0 Å². The van der Waals surface area contributed by atoms with Gasteiger partial charge >= 0.3 is 5.97 Å². The van der Waals surface area contributed by atoms with Crippen LogP contribution in [0.5, 0.6) is 0 Å². The summed E-state index contributed by atoms with van der Waals surface area (Å²) in [6, 6.07) is 0. The van der Waals surface area contributed by atoms with Crippen LogP contribution in [0.25, 0.3) is 0 Å². The largest absolute Gasteiger partial charge is 0.463 e. The molecule has 0 saturated carbocycles. The first-order chi connectivity index (χ1) is 10.3. The summed E-state index contributed by atoms with van der Waals surface area (Å²) in [7, 11) is 0. The quantitative estimate of drug-likeness (QED) is 0.669. The zero-order chi connectivity index (χ0) is 15.1. The second-order valence-electron chi connectivity index (χ2n) is 5.55. The highest BCUT2D eigenvalue weighted by atomic mass is 16.8. The highest BCUT2D eigenvalue weighted by Crippen LogP contribution is 2.23. The summed E-state index contributed by atoms with van der Waals surface area (Å²) >= 11 is 0. The molecule has 0 N–H and O–H groups in total. The number of hydrogen-bond donors (Lipinski definition) is 0. The van der Waals surface area contributed by atoms with Gasteiger partial charge in [0.25, 0.3) is 0 Å². The molecule has 6 heteroatoms. The Bertz CT molecular complexity index is 313. The molecule has 2 rings (SSSR count). The Hall–Kier alpha value is -0.690. The minimum absolute atomic E-state index is 0.00811. The molecule has 0 aliphatic carbocycles. The number of hydrogen-bond acceptors (Lipinski definition) is 6. The number of ether oxygens (including phenoxy) is 5. The fourth-order valence-electron chi connectivity index (χ4n) is 2.79. The van der Waals surface area contributed by atoms with Crippen LogP contribution in [0, 0.1) is 5.92 Å². The van der Waals surface area contributed by atoms with Crippen LogP contribution in [-0.4, -0.2) is 51.1 Å². The molecule has 0 radical (unpaired) electrons. The molecule has 2 fully saturated rings. The molecule has 0 spiro atoms. The van der Waals surface area contributed by atoms with E-state index in [4.69, 9.17) is 23.7 Å². The first kappa shape index (κ1) is 16.7. The highest BCUT2D eigenvalue weighted by Gasteiger charge is 2.39. The summed E-state index contributed by atoms with van der Waals surface area (Å²) in [6.45, 7) is 5.28. The molecule has 2 saturated heterocycles. The zero-order valence-electron chi connectivity index (χ0n) is 12.9. The van der Waals surface area contributed by atoms with Gasteiger partial charge in [0.1, 0.15) is 38.5 Å². The summed E-state index contributed by atoms with van der Waals surface area (Å²) in [5.74, 6) is -0.136. The van der Waals surface area contributed by atoms with Crippen LogP contribution in [0.4, 0.5) is 0 Å². The van der Waals surface area contributed by atoms with Crippen molar-refractivity contribution in [3.05, 3.63) is 0 Å².